The van der Waals surface area contributed by atoms with Crippen LogP contribution in [-0.4, -0.2) is 34.2 Å². The first kappa shape index (κ1) is 13.5. The van der Waals surface area contributed by atoms with Gasteiger partial charge >= 0.3 is 5.97 Å². The number of rotatable bonds is 5. The van der Waals surface area contributed by atoms with Gasteiger partial charge in [-0.3, -0.25) is 9.59 Å². The fraction of sp³-hybridized carbons (Fsp3) is 0.615. The highest BCUT2D eigenvalue weighted by Gasteiger charge is 2.44. The van der Waals surface area contributed by atoms with E-state index in [4.69, 9.17) is 9.84 Å². The summed E-state index contributed by atoms with van der Waals surface area (Å²) in [6, 6.07) is 0. The maximum atomic E-state index is 12.1. The van der Waals surface area contributed by atoms with Crippen LogP contribution in [0.25, 0.3) is 0 Å². The summed E-state index contributed by atoms with van der Waals surface area (Å²) in [5.74, 6) is -0.913. The molecule has 20 heavy (non-hydrogen) atoms. The van der Waals surface area contributed by atoms with Gasteiger partial charge in [0.2, 0.25) is 5.91 Å². The minimum atomic E-state index is -0.898. The lowest BCUT2D eigenvalue weighted by Gasteiger charge is -2.17. The smallest absolute Gasteiger partial charge is 0.309 e. The molecular weight excluding hydrogens is 280 g/mol. The van der Waals surface area contributed by atoms with E-state index in [2.05, 4.69) is 10.3 Å². The van der Waals surface area contributed by atoms with Gasteiger partial charge in [0.05, 0.1) is 36.8 Å². The molecule has 1 aromatic rings. The summed E-state index contributed by atoms with van der Waals surface area (Å²) in [7, 11) is 0. The van der Waals surface area contributed by atoms with E-state index in [1.165, 1.54) is 11.3 Å². The van der Waals surface area contributed by atoms with Gasteiger partial charge in [0, 0.05) is 5.38 Å². The van der Waals surface area contributed by atoms with E-state index in [0.717, 1.165) is 24.3 Å². The number of aliphatic carboxylic acids is 1. The van der Waals surface area contributed by atoms with Gasteiger partial charge in [0.1, 0.15) is 5.01 Å². The Balaban J connectivity index is 1.50. The zero-order valence-corrected chi connectivity index (χ0v) is 11.7. The average Bonchev–Trinajstić information content (AvgIpc) is 3.11. The predicted molar refractivity (Wildman–Crippen MR) is 71.3 cm³/mol. The molecule has 3 heterocycles. The van der Waals surface area contributed by atoms with Crippen molar-refractivity contribution in [3.8, 4) is 0 Å². The Bertz CT molecular complexity index is 530. The Kier molecular flexibility index (Phi) is 3.71. The number of amides is 1. The van der Waals surface area contributed by atoms with Crippen LogP contribution in [0.1, 0.15) is 30.0 Å². The van der Waals surface area contributed by atoms with Crippen LogP contribution in [0.15, 0.2) is 5.38 Å². The molecule has 108 valence electrons. The van der Waals surface area contributed by atoms with Crippen molar-refractivity contribution in [2.45, 2.75) is 44.4 Å². The lowest BCUT2D eigenvalue weighted by molar-refractivity contribution is -0.136. The minimum absolute atomic E-state index is 0.0205. The number of carboxylic acid groups (broad SMARTS) is 1. The Morgan fingerprint density at radius 3 is 3.00 bits per heavy atom. The molecule has 3 atom stereocenters. The molecule has 1 amide bonds. The first-order valence-electron chi connectivity index (χ1n) is 6.70. The normalized spacial score (nSPS) is 27.7. The van der Waals surface area contributed by atoms with Crippen LogP contribution >= 0.6 is 11.3 Å². The lowest BCUT2D eigenvalue weighted by atomic mass is 9.88. The second kappa shape index (κ2) is 5.49. The third-order valence-electron chi connectivity index (χ3n) is 3.79. The summed E-state index contributed by atoms with van der Waals surface area (Å²) < 4.78 is 5.67. The SMILES string of the molecule is O=C(O)Cc1csc(CNC(=O)C2CC3CCC2O3)n1. The predicted octanol–water partition coefficient (Wildman–Crippen LogP) is 0.954. The monoisotopic (exact) mass is 296 g/mol. The van der Waals surface area contributed by atoms with Crippen LogP contribution in [0.3, 0.4) is 0 Å². The van der Waals surface area contributed by atoms with Crippen molar-refractivity contribution in [2.24, 2.45) is 5.92 Å². The Hall–Kier alpha value is -1.47. The maximum Gasteiger partial charge on any atom is 0.309 e. The third kappa shape index (κ3) is 2.83. The molecule has 0 aromatic carbocycles. The van der Waals surface area contributed by atoms with Gasteiger partial charge in [-0.2, -0.15) is 0 Å². The third-order valence-corrected chi connectivity index (χ3v) is 4.69. The first-order valence-corrected chi connectivity index (χ1v) is 7.58. The van der Waals surface area contributed by atoms with Crippen LogP contribution in [0.4, 0.5) is 0 Å². The summed E-state index contributed by atoms with van der Waals surface area (Å²) in [6.07, 6.45) is 3.13. The highest BCUT2D eigenvalue weighted by Crippen LogP contribution is 2.38. The van der Waals surface area contributed by atoms with Gasteiger partial charge < -0.3 is 15.2 Å². The number of carboxylic acids is 1. The standard InChI is InChI=1S/C13H16N2O4S/c16-12(17)3-7-6-20-11(15-7)5-14-13(18)9-4-8-1-2-10(9)19-8/h6,8-10H,1-5H2,(H,14,18)(H,16,17). The number of nitrogens with zero attached hydrogens (tertiary/aromatic N) is 1. The lowest BCUT2D eigenvalue weighted by Crippen LogP contribution is -2.35. The molecule has 6 nitrogen and oxygen atoms in total. The van der Waals surface area contributed by atoms with Crippen LogP contribution in [0, 0.1) is 5.92 Å². The largest absolute Gasteiger partial charge is 0.481 e. The number of ether oxygens (including phenoxy) is 1. The molecule has 0 aliphatic carbocycles. The van der Waals surface area contributed by atoms with Crippen molar-refractivity contribution in [1.82, 2.24) is 10.3 Å². The summed E-state index contributed by atoms with van der Waals surface area (Å²) in [5.41, 5.74) is 0.537. The molecule has 2 aliphatic heterocycles. The van der Waals surface area contributed by atoms with Crippen molar-refractivity contribution < 1.29 is 19.4 Å². The second-order valence-corrected chi connectivity index (χ2v) is 6.18. The number of hydrogen-bond acceptors (Lipinski definition) is 5. The maximum absolute atomic E-state index is 12.1. The Morgan fingerprint density at radius 2 is 2.35 bits per heavy atom. The molecule has 2 bridgehead atoms. The van der Waals surface area contributed by atoms with Crippen molar-refractivity contribution in [2.75, 3.05) is 0 Å². The molecule has 2 fully saturated rings. The number of carbonyl (C=O) groups is 2. The van der Waals surface area contributed by atoms with E-state index in [-0.39, 0.29) is 30.5 Å². The van der Waals surface area contributed by atoms with Gasteiger partial charge in [-0.1, -0.05) is 0 Å². The van der Waals surface area contributed by atoms with Gasteiger partial charge in [-0.25, -0.2) is 4.98 Å². The van der Waals surface area contributed by atoms with Gasteiger partial charge in [0.25, 0.3) is 0 Å². The highest BCUT2D eigenvalue weighted by atomic mass is 32.1. The van der Waals surface area contributed by atoms with E-state index in [9.17, 15) is 9.59 Å². The summed E-state index contributed by atoms with van der Waals surface area (Å²) in [4.78, 5) is 26.8. The fourth-order valence-electron chi connectivity index (χ4n) is 2.87. The second-order valence-electron chi connectivity index (χ2n) is 5.24. The molecule has 2 N–H and O–H groups in total. The van der Waals surface area contributed by atoms with Crippen molar-refractivity contribution >= 4 is 23.2 Å². The molecule has 0 radical (unpaired) electrons. The van der Waals surface area contributed by atoms with Crippen LogP contribution in [-0.2, 0) is 27.3 Å². The number of fused-ring (bicyclic) bond motifs is 2. The quantitative estimate of drug-likeness (QED) is 0.844. The van der Waals surface area contributed by atoms with E-state index in [1.54, 1.807) is 5.38 Å². The number of hydrogen-bond donors (Lipinski definition) is 2. The molecule has 2 saturated heterocycles. The molecule has 0 spiro atoms. The van der Waals surface area contributed by atoms with E-state index in [1.807, 2.05) is 0 Å². The van der Waals surface area contributed by atoms with Crippen molar-refractivity contribution in [3.05, 3.63) is 16.1 Å². The molecular formula is C13H16N2O4S. The molecule has 1 aromatic heterocycles. The van der Waals surface area contributed by atoms with Crippen molar-refractivity contribution in [3.63, 3.8) is 0 Å². The number of nitrogens with one attached hydrogen (secondary N) is 1. The fourth-order valence-corrected chi connectivity index (χ4v) is 3.61. The van der Waals surface area contributed by atoms with E-state index < -0.39 is 5.97 Å². The van der Waals surface area contributed by atoms with Crippen molar-refractivity contribution in [1.29, 1.82) is 0 Å². The van der Waals surface area contributed by atoms with E-state index in [0.29, 0.717) is 12.2 Å². The van der Waals surface area contributed by atoms with Gasteiger partial charge in [0.15, 0.2) is 0 Å². The topological polar surface area (TPSA) is 88.5 Å². The Labute approximate surface area is 120 Å². The number of carbonyl (C=O) groups excluding carboxylic acids is 1. The van der Waals surface area contributed by atoms with Crippen LogP contribution < -0.4 is 5.32 Å². The van der Waals surface area contributed by atoms with Gasteiger partial charge in [-0.05, 0) is 19.3 Å². The van der Waals surface area contributed by atoms with E-state index >= 15 is 0 Å². The average molecular weight is 296 g/mol. The zero-order valence-electron chi connectivity index (χ0n) is 10.9. The molecule has 3 rings (SSSR count). The summed E-state index contributed by atoms with van der Waals surface area (Å²) in [5, 5.41) is 14.0. The van der Waals surface area contributed by atoms with Gasteiger partial charge in [-0.15, -0.1) is 11.3 Å². The summed E-state index contributed by atoms with van der Waals surface area (Å²) >= 11 is 1.37. The molecule has 7 heteroatoms. The van der Waals surface area contributed by atoms with Crippen LogP contribution in [0.2, 0.25) is 0 Å². The molecule has 0 saturated carbocycles. The first-order chi connectivity index (χ1) is 9.61. The zero-order chi connectivity index (χ0) is 14.1. The number of thiazole rings is 1. The minimum Gasteiger partial charge on any atom is -0.481 e. The number of aromatic nitrogens is 1. The summed E-state index contributed by atoms with van der Waals surface area (Å²) in [6.45, 7) is 0.358. The Morgan fingerprint density at radius 1 is 1.50 bits per heavy atom. The highest BCUT2D eigenvalue weighted by molar-refractivity contribution is 7.09. The molecule has 2 aliphatic rings. The van der Waals surface area contributed by atoms with Crippen LogP contribution in [0.5, 0.6) is 0 Å². The molecule has 3 unspecified atom stereocenters.